The second kappa shape index (κ2) is 6.45. The van der Waals surface area contributed by atoms with E-state index in [1.54, 1.807) is 6.07 Å². The molecule has 0 spiro atoms. The highest BCUT2D eigenvalue weighted by Gasteiger charge is 2.09. The van der Waals surface area contributed by atoms with Crippen LogP contribution in [0.4, 0.5) is 0 Å². The zero-order valence-electron chi connectivity index (χ0n) is 9.11. The van der Waals surface area contributed by atoms with Crippen molar-refractivity contribution in [1.82, 2.24) is 10.3 Å². The van der Waals surface area contributed by atoms with E-state index in [-0.39, 0.29) is 12.0 Å². The first-order valence-electron chi connectivity index (χ1n) is 5.21. The fraction of sp³-hybridized carbons (Fsp3) is 0.455. The van der Waals surface area contributed by atoms with Gasteiger partial charge in [0.15, 0.2) is 0 Å². The smallest absolute Gasteiger partial charge is 0.254 e. The standard InChI is InChI=1S/C11H15ClN2O2/c1-2-8(15)3-6-14-11(16)9-7-13-5-4-10(9)12/h4-5,7-8,15H,2-3,6H2,1H3,(H,14,16). The maximum Gasteiger partial charge on any atom is 0.254 e. The Hall–Kier alpha value is -1.13. The van der Waals surface area contributed by atoms with Crippen LogP contribution in [0.15, 0.2) is 18.5 Å². The average Bonchev–Trinajstić information content (AvgIpc) is 2.29. The van der Waals surface area contributed by atoms with Crippen molar-refractivity contribution in [1.29, 1.82) is 0 Å². The number of aromatic nitrogens is 1. The molecule has 1 rings (SSSR count). The summed E-state index contributed by atoms with van der Waals surface area (Å²) in [6, 6.07) is 1.57. The van der Waals surface area contributed by atoms with Crippen LogP contribution in [0.3, 0.4) is 0 Å². The number of pyridine rings is 1. The molecule has 1 amide bonds. The number of aliphatic hydroxyl groups is 1. The van der Waals surface area contributed by atoms with Gasteiger partial charge in [-0.15, -0.1) is 0 Å². The first-order valence-corrected chi connectivity index (χ1v) is 5.58. The van der Waals surface area contributed by atoms with Crippen LogP contribution >= 0.6 is 11.6 Å². The molecule has 1 unspecified atom stereocenters. The van der Waals surface area contributed by atoms with E-state index in [9.17, 15) is 9.90 Å². The number of rotatable bonds is 5. The van der Waals surface area contributed by atoms with Crippen LogP contribution < -0.4 is 5.32 Å². The van der Waals surface area contributed by atoms with Gasteiger partial charge in [0, 0.05) is 18.9 Å². The number of hydrogen-bond donors (Lipinski definition) is 2. The zero-order chi connectivity index (χ0) is 12.0. The summed E-state index contributed by atoms with van der Waals surface area (Å²) in [4.78, 5) is 15.4. The Kier molecular flexibility index (Phi) is 5.22. The molecule has 5 heteroatoms. The molecule has 2 N–H and O–H groups in total. The van der Waals surface area contributed by atoms with E-state index in [2.05, 4.69) is 10.3 Å². The monoisotopic (exact) mass is 242 g/mol. The molecule has 0 aromatic carbocycles. The zero-order valence-corrected chi connectivity index (χ0v) is 9.87. The molecule has 0 aliphatic heterocycles. The van der Waals surface area contributed by atoms with Crippen LogP contribution in [0, 0.1) is 0 Å². The molecule has 1 heterocycles. The lowest BCUT2D eigenvalue weighted by Gasteiger charge is -2.09. The average molecular weight is 243 g/mol. The molecular weight excluding hydrogens is 228 g/mol. The van der Waals surface area contributed by atoms with Crippen molar-refractivity contribution >= 4 is 17.5 Å². The van der Waals surface area contributed by atoms with Crippen molar-refractivity contribution in [2.45, 2.75) is 25.9 Å². The van der Waals surface area contributed by atoms with Crippen molar-refractivity contribution in [3.05, 3.63) is 29.0 Å². The molecule has 1 aromatic heterocycles. The number of halogens is 1. The van der Waals surface area contributed by atoms with Gasteiger partial charge in [-0.1, -0.05) is 18.5 Å². The van der Waals surface area contributed by atoms with Crippen LogP contribution in [0.2, 0.25) is 5.02 Å². The largest absolute Gasteiger partial charge is 0.393 e. The van der Waals surface area contributed by atoms with Crippen molar-refractivity contribution in [3.8, 4) is 0 Å². The van der Waals surface area contributed by atoms with Gasteiger partial charge in [-0.2, -0.15) is 0 Å². The minimum Gasteiger partial charge on any atom is -0.393 e. The quantitative estimate of drug-likeness (QED) is 0.825. The van der Waals surface area contributed by atoms with E-state index in [0.29, 0.717) is 30.0 Å². The summed E-state index contributed by atoms with van der Waals surface area (Å²) in [5.41, 5.74) is 0.357. The van der Waals surface area contributed by atoms with E-state index in [1.807, 2.05) is 6.92 Å². The summed E-state index contributed by atoms with van der Waals surface area (Å²) in [5, 5.41) is 12.4. The molecule has 0 saturated carbocycles. The molecule has 0 aliphatic carbocycles. The third-order valence-electron chi connectivity index (χ3n) is 2.25. The van der Waals surface area contributed by atoms with Gasteiger partial charge >= 0.3 is 0 Å². The predicted octanol–water partition coefficient (Wildman–Crippen LogP) is 1.63. The maximum atomic E-state index is 11.6. The van der Waals surface area contributed by atoms with Gasteiger partial charge in [0.2, 0.25) is 0 Å². The molecule has 0 aliphatic rings. The fourth-order valence-electron chi connectivity index (χ4n) is 1.20. The highest BCUT2D eigenvalue weighted by atomic mass is 35.5. The Labute approximate surface area is 99.6 Å². The normalized spacial score (nSPS) is 12.2. The molecule has 16 heavy (non-hydrogen) atoms. The first kappa shape index (κ1) is 12.9. The Morgan fingerprint density at radius 3 is 3.06 bits per heavy atom. The summed E-state index contributed by atoms with van der Waals surface area (Å²) in [5.74, 6) is -0.263. The Morgan fingerprint density at radius 2 is 2.44 bits per heavy atom. The summed E-state index contributed by atoms with van der Waals surface area (Å²) in [7, 11) is 0. The number of amides is 1. The summed E-state index contributed by atoms with van der Waals surface area (Å²) < 4.78 is 0. The Balaban J connectivity index is 2.44. The number of aliphatic hydroxyl groups excluding tert-OH is 1. The predicted molar refractivity (Wildman–Crippen MR) is 62.5 cm³/mol. The SMILES string of the molecule is CCC(O)CCNC(=O)c1cnccc1Cl. The Bertz CT molecular complexity index is 358. The molecular formula is C11H15ClN2O2. The van der Waals surface area contributed by atoms with Gasteiger partial charge in [-0.05, 0) is 18.9 Å². The Morgan fingerprint density at radius 1 is 1.69 bits per heavy atom. The number of nitrogens with zero attached hydrogens (tertiary/aromatic N) is 1. The third-order valence-corrected chi connectivity index (χ3v) is 2.58. The fourth-order valence-corrected chi connectivity index (χ4v) is 1.39. The molecule has 0 radical (unpaired) electrons. The van der Waals surface area contributed by atoms with E-state index < -0.39 is 0 Å². The number of carbonyl (C=O) groups is 1. The van der Waals surface area contributed by atoms with Crippen molar-refractivity contribution < 1.29 is 9.90 Å². The van der Waals surface area contributed by atoms with Crippen LogP contribution in [0.5, 0.6) is 0 Å². The molecule has 4 nitrogen and oxygen atoms in total. The molecule has 0 bridgehead atoms. The van der Waals surface area contributed by atoms with Crippen LogP contribution in [-0.2, 0) is 0 Å². The molecule has 0 fully saturated rings. The van der Waals surface area contributed by atoms with Gasteiger partial charge in [-0.3, -0.25) is 9.78 Å². The van der Waals surface area contributed by atoms with Crippen molar-refractivity contribution in [2.24, 2.45) is 0 Å². The summed E-state index contributed by atoms with van der Waals surface area (Å²) in [6.07, 6.45) is 3.81. The number of carbonyl (C=O) groups excluding carboxylic acids is 1. The number of nitrogens with one attached hydrogen (secondary N) is 1. The van der Waals surface area contributed by atoms with Gasteiger partial charge in [0.25, 0.3) is 5.91 Å². The summed E-state index contributed by atoms with van der Waals surface area (Å²) >= 11 is 5.84. The third kappa shape index (κ3) is 3.79. The lowest BCUT2D eigenvalue weighted by molar-refractivity contribution is 0.0942. The highest BCUT2D eigenvalue weighted by Crippen LogP contribution is 2.12. The number of hydrogen-bond acceptors (Lipinski definition) is 3. The second-order valence-electron chi connectivity index (χ2n) is 3.46. The molecule has 0 saturated heterocycles. The first-order chi connectivity index (χ1) is 7.65. The van der Waals surface area contributed by atoms with Crippen molar-refractivity contribution in [3.63, 3.8) is 0 Å². The van der Waals surface area contributed by atoms with E-state index >= 15 is 0 Å². The highest BCUT2D eigenvalue weighted by molar-refractivity contribution is 6.33. The lowest BCUT2D eigenvalue weighted by atomic mass is 10.2. The lowest BCUT2D eigenvalue weighted by Crippen LogP contribution is -2.27. The van der Waals surface area contributed by atoms with Crippen molar-refractivity contribution in [2.75, 3.05) is 6.54 Å². The van der Waals surface area contributed by atoms with E-state index in [0.717, 1.165) is 0 Å². The van der Waals surface area contributed by atoms with E-state index in [1.165, 1.54) is 12.4 Å². The van der Waals surface area contributed by atoms with Gasteiger partial charge in [0.05, 0.1) is 16.7 Å². The van der Waals surface area contributed by atoms with Crippen LogP contribution in [0.1, 0.15) is 30.1 Å². The maximum absolute atomic E-state index is 11.6. The van der Waals surface area contributed by atoms with E-state index in [4.69, 9.17) is 11.6 Å². The molecule has 1 atom stereocenters. The summed E-state index contributed by atoms with van der Waals surface area (Å²) in [6.45, 7) is 2.32. The minimum atomic E-state index is -0.371. The van der Waals surface area contributed by atoms with Gasteiger partial charge in [0.1, 0.15) is 0 Å². The topological polar surface area (TPSA) is 62.2 Å². The van der Waals surface area contributed by atoms with Gasteiger partial charge < -0.3 is 10.4 Å². The van der Waals surface area contributed by atoms with Gasteiger partial charge in [-0.25, -0.2) is 0 Å². The minimum absolute atomic E-state index is 0.263. The molecule has 1 aromatic rings. The second-order valence-corrected chi connectivity index (χ2v) is 3.87. The van der Waals surface area contributed by atoms with Crippen LogP contribution in [-0.4, -0.2) is 28.6 Å². The van der Waals surface area contributed by atoms with Crippen LogP contribution in [0.25, 0.3) is 0 Å². The molecule has 88 valence electrons.